The maximum atomic E-state index is 11.5. The summed E-state index contributed by atoms with van der Waals surface area (Å²) >= 11 is 0. The van der Waals surface area contributed by atoms with Crippen LogP contribution in [0.2, 0.25) is 0 Å². The van der Waals surface area contributed by atoms with Gasteiger partial charge in [0.05, 0.1) is 12.7 Å². The lowest BCUT2D eigenvalue weighted by Gasteiger charge is -2.09. The summed E-state index contributed by atoms with van der Waals surface area (Å²) in [5.74, 6) is -0.368. The summed E-state index contributed by atoms with van der Waals surface area (Å²) in [4.78, 5) is 11.5. The van der Waals surface area contributed by atoms with Crippen molar-refractivity contribution < 1.29 is 14.7 Å². The molecule has 0 aliphatic carbocycles. The monoisotopic (exact) mass is 258 g/mol. The number of nitrogens with zero attached hydrogens (tertiary/aromatic N) is 2. The van der Waals surface area contributed by atoms with E-state index in [0.717, 1.165) is 11.4 Å². The Kier molecular flexibility index (Phi) is 3.97. The average molecular weight is 258 g/mol. The molecule has 0 saturated heterocycles. The molecule has 0 saturated carbocycles. The van der Waals surface area contributed by atoms with E-state index in [2.05, 4.69) is 5.16 Å². The van der Waals surface area contributed by atoms with Crippen molar-refractivity contribution in [2.24, 2.45) is 5.16 Å². The number of rotatable bonds is 4. The van der Waals surface area contributed by atoms with Crippen LogP contribution in [0.5, 0.6) is 0 Å². The summed E-state index contributed by atoms with van der Waals surface area (Å²) < 4.78 is 6.63. The fourth-order valence-corrected chi connectivity index (χ4v) is 1.87. The maximum absolute atomic E-state index is 11.5. The minimum atomic E-state index is -0.368. The second-order valence-electron chi connectivity index (χ2n) is 3.91. The number of carbonyl (C=O) groups is 1. The lowest BCUT2D eigenvalue weighted by Crippen LogP contribution is -2.04. The Morgan fingerprint density at radius 1 is 1.42 bits per heavy atom. The van der Waals surface area contributed by atoms with Crippen molar-refractivity contribution in [3.63, 3.8) is 0 Å². The van der Waals surface area contributed by atoms with Crippen molar-refractivity contribution >= 4 is 12.2 Å². The number of oxime groups is 1. The first kappa shape index (κ1) is 12.9. The highest BCUT2D eigenvalue weighted by Crippen LogP contribution is 2.15. The third kappa shape index (κ3) is 2.82. The molecule has 2 rings (SSSR count). The molecular weight excluding hydrogens is 244 g/mol. The largest absolute Gasteiger partial charge is 0.465 e. The number of ether oxygens (including phenoxy) is 1. The van der Waals surface area contributed by atoms with Gasteiger partial charge in [-0.1, -0.05) is 6.07 Å². The molecule has 0 bridgehead atoms. The molecule has 0 atom stereocenters. The Bertz CT molecular complexity index is 602. The lowest BCUT2D eigenvalue weighted by atomic mass is 10.2. The SMILES string of the molecule is COC(=O)c1cccc(-n2cccc2CC=NO)c1. The van der Waals surface area contributed by atoms with Gasteiger partial charge in [0.25, 0.3) is 0 Å². The minimum absolute atomic E-state index is 0.368. The third-order valence-electron chi connectivity index (χ3n) is 2.76. The predicted molar refractivity (Wildman–Crippen MR) is 71.1 cm³/mol. The summed E-state index contributed by atoms with van der Waals surface area (Å²) in [6.45, 7) is 0. The topological polar surface area (TPSA) is 63.8 Å². The minimum Gasteiger partial charge on any atom is -0.465 e. The van der Waals surface area contributed by atoms with Crippen LogP contribution in [0.25, 0.3) is 5.69 Å². The highest BCUT2D eigenvalue weighted by Gasteiger charge is 2.08. The van der Waals surface area contributed by atoms with Gasteiger partial charge in [-0.05, 0) is 30.3 Å². The molecule has 0 spiro atoms. The zero-order chi connectivity index (χ0) is 13.7. The van der Waals surface area contributed by atoms with E-state index < -0.39 is 0 Å². The third-order valence-corrected chi connectivity index (χ3v) is 2.76. The molecule has 1 aromatic carbocycles. The maximum Gasteiger partial charge on any atom is 0.337 e. The lowest BCUT2D eigenvalue weighted by molar-refractivity contribution is 0.0600. The van der Waals surface area contributed by atoms with Crippen molar-refractivity contribution in [3.8, 4) is 5.69 Å². The van der Waals surface area contributed by atoms with Crippen LogP contribution in [0.4, 0.5) is 0 Å². The fraction of sp³-hybridized carbons (Fsp3) is 0.143. The average Bonchev–Trinajstić information content (AvgIpc) is 2.92. The zero-order valence-electron chi connectivity index (χ0n) is 10.5. The van der Waals surface area contributed by atoms with Gasteiger partial charge < -0.3 is 14.5 Å². The van der Waals surface area contributed by atoms with Crippen LogP contribution in [0.3, 0.4) is 0 Å². The molecule has 5 nitrogen and oxygen atoms in total. The number of hydrogen-bond acceptors (Lipinski definition) is 4. The Morgan fingerprint density at radius 2 is 2.26 bits per heavy atom. The number of benzene rings is 1. The molecular formula is C14H14N2O3. The van der Waals surface area contributed by atoms with Crippen LogP contribution in [-0.2, 0) is 11.2 Å². The molecule has 0 fully saturated rings. The Hall–Kier alpha value is -2.56. The van der Waals surface area contributed by atoms with E-state index in [-0.39, 0.29) is 5.97 Å². The van der Waals surface area contributed by atoms with Crippen LogP contribution >= 0.6 is 0 Å². The number of esters is 1. The first-order valence-corrected chi connectivity index (χ1v) is 5.77. The van der Waals surface area contributed by atoms with Gasteiger partial charge in [-0.15, -0.1) is 5.16 Å². The molecule has 5 heteroatoms. The Balaban J connectivity index is 2.36. The van der Waals surface area contributed by atoms with E-state index in [1.165, 1.54) is 13.3 Å². The van der Waals surface area contributed by atoms with E-state index >= 15 is 0 Å². The van der Waals surface area contributed by atoms with E-state index in [1.807, 2.05) is 29.0 Å². The summed E-state index contributed by atoms with van der Waals surface area (Å²) in [5.41, 5.74) is 2.31. The number of methoxy groups -OCH3 is 1. The van der Waals surface area contributed by atoms with Crippen LogP contribution in [0, 0.1) is 0 Å². The first-order chi connectivity index (χ1) is 9.26. The molecule has 19 heavy (non-hydrogen) atoms. The highest BCUT2D eigenvalue weighted by atomic mass is 16.5. The Morgan fingerprint density at radius 3 is 3.00 bits per heavy atom. The van der Waals surface area contributed by atoms with Crippen molar-refractivity contribution in [1.29, 1.82) is 0 Å². The van der Waals surface area contributed by atoms with E-state index in [1.54, 1.807) is 18.2 Å². The van der Waals surface area contributed by atoms with Gasteiger partial charge >= 0.3 is 5.97 Å². The molecule has 0 amide bonds. The number of hydrogen-bond donors (Lipinski definition) is 1. The van der Waals surface area contributed by atoms with Gasteiger partial charge in [-0.2, -0.15) is 0 Å². The van der Waals surface area contributed by atoms with Crippen molar-refractivity contribution in [1.82, 2.24) is 4.57 Å². The normalized spacial score (nSPS) is 10.8. The van der Waals surface area contributed by atoms with Crippen LogP contribution in [0.1, 0.15) is 16.1 Å². The van der Waals surface area contributed by atoms with Crippen LogP contribution < -0.4 is 0 Å². The smallest absolute Gasteiger partial charge is 0.337 e. The summed E-state index contributed by atoms with van der Waals surface area (Å²) in [5, 5.41) is 11.5. The quantitative estimate of drug-likeness (QED) is 0.396. The van der Waals surface area contributed by atoms with Gasteiger partial charge in [0.15, 0.2) is 0 Å². The van der Waals surface area contributed by atoms with Crippen molar-refractivity contribution in [2.45, 2.75) is 6.42 Å². The number of carbonyl (C=O) groups excluding carboxylic acids is 1. The molecule has 0 aliphatic rings. The molecule has 1 heterocycles. The van der Waals surface area contributed by atoms with Crippen molar-refractivity contribution in [2.75, 3.05) is 7.11 Å². The second-order valence-corrected chi connectivity index (χ2v) is 3.91. The molecule has 0 radical (unpaired) electrons. The molecule has 0 unspecified atom stereocenters. The number of aromatic nitrogens is 1. The van der Waals surface area contributed by atoms with E-state index in [9.17, 15) is 4.79 Å². The standard InChI is InChI=1S/C14H14N2O3/c1-19-14(17)11-4-2-5-13(10-11)16-9-3-6-12(16)7-8-15-18/h2-6,8-10,18H,7H2,1H3. The predicted octanol–water partition coefficient (Wildman–Crippen LogP) is 2.27. The zero-order valence-corrected chi connectivity index (χ0v) is 10.5. The van der Waals surface area contributed by atoms with Gasteiger partial charge in [0.2, 0.25) is 0 Å². The summed E-state index contributed by atoms with van der Waals surface area (Å²) in [6.07, 6.45) is 3.80. The van der Waals surface area contributed by atoms with Crippen molar-refractivity contribution in [3.05, 3.63) is 53.9 Å². The first-order valence-electron chi connectivity index (χ1n) is 5.77. The van der Waals surface area contributed by atoms with Gasteiger partial charge in [-0.3, -0.25) is 0 Å². The summed E-state index contributed by atoms with van der Waals surface area (Å²) in [7, 11) is 1.35. The molecule has 0 aliphatic heterocycles. The molecule has 1 aromatic heterocycles. The summed E-state index contributed by atoms with van der Waals surface area (Å²) in [6, 6.07) is 11.0. The van der Waals surface area contributed by atoms with Gasteiger partial charge in [0, 0.05) is 30.2 Å². The van der Waals surface area contributed by atoms with Crippen LogP contribution in [-0.4, -0.2) is 29.1 Å². The van der Waals surface area contributed by atoms with Crippen LogP contribution in [0.15, 0.2) is 47.8 Å². The van der Waals surface area contributed by atoms with Gasteiger partial charge in [0.1, 0.15) is 0 Å². The molecule has 2 aromatic rings. The molecule has 1 N–H and O–H groups in total. The second kappa shape index (κ2) is 5.86. The fourth-order valence-electron chi connectivity index (χ4n) is 1.87. The highest BCUT2D eigenvalue weighted by molar-refractivity contribution is 5.89. The van der Waals surface area contributed by atoms with E-state index in [4.69, 9.17) is 9.94 Å². The van der Waals surface area contributed by atoms with E-state index in [0.29, 0.717) is 12.0 Å². The Labute approximate surface area is 110 Å². The van der Waals surface area contributed by atoms with Gasteiger partial charge in [-0.25, -0.2) is 4.79 Å². The molecule has 98 valence electrons.